The summed E-state index contributed by atoms with van der Waals surface area (Å²) in [5.41, 5.74) is 0.731. The first-order valence-electron chi connectivity index (χ1n) is 6.44. The number of rotatable bonds is 4. The molecule has 0 spiro atoms. The molecule has 8 nitrogen and oxygen atoms in total. The van der Waals surface area contributed by atoms with Crippen molar-refractivity contribution >= 4 is 23.7 Å². The molecule has 0 saturated carbocycles. The van der Waals surface area contributed by atoms with Crippen LogP contribution in [-0.4, -0.2) is 33.9 Å². The van der Waals surface area contributed by atoms with E-state index in [2.05, 4.69) is 20.8 Å². The summed E-state index contributed by atoms with van der Waals surface area (Å²) in [6.07, 6.45) is 0. The summed E-state index contributed by atoms with van der Waals surface area (Å²) in [6.45, 7) is 1.71. The predicted octanol–water partition coefficient (Wildman–Crippen LogP) is 0.589. The molecule has 1 aromatic heterocycles. The van der Waals surface area contributed by atoms with E-state index in [4.69, 9.17) is 5.84 Å². The zero-order chi connectivity index (χ0) is 16.1. The van der Waals surface area contributed by atoms with Crippen molar-refractivity contribution in [2.24, 2.45) is 0 Å². The molecule has 0 aliphatic rings. The van der Waals surface area contributed by atoms with E-state index in [0.29, 0.717) is 11.0 Å². The highest BCUT2D eigenvalue weighted by Crippen LogP contribution is 2.33. The van der Waals surface area contributed by atoms with Crippen LogP contribution in [0.25, 0.3) is 0 Å². The van der Waals surface area contributed by atoms with Crippen molar-refractivity contribution < 1.29 is 9.59 Å². The number of imide groups is 1. The van der Waals surface area contributed by atoms with Gasteiger partial charge in [0.2, 0.25) is 11.1 Å². The minimum Gasteiger partial charge on any atom is -0.341 e. The number of nitrogen functional groups attached to an aromatic ring is 1. The second-order valence-electron chi connectivity index (χ2n) is 4.38. The van der Waals surface area contributed by atoms with Gasteiger partial charge in [0, 0.05) is 7.05 Å². The zero-order valence-corrected chi connectivity index (χ0v) is 12.9. The number of nitrogens with zero attached hydrogens (tertiary/aromatic N) is 3. The van der Waals surface area contributed by atoms with Crippen molar-refractivity contribution in [2.75, 3.05) is 12.9 Å². The number of nitrogens with two attached hydrogens (primary N) is 1. The molecule has 1 aromatic carbocycles. The summed E-state index contributed by atoms with van der Waals surface area (Å²) >= 11 is 1.12. The van der Waals surface area contributed by atoms with Crippen LogP contribution in [-0.2, 0) is 4.79 Å². The minimum absolute atomic E-state index is 0.387. The molecular weight excluding hydrogens is 304 g/mol. The molecule has 0 fully saturated rings. The Kier molecular flexibility index (Phi) is 4.99. The fourth-order valence-electron chi connectivity index (χ4n) is 1.68. The fourth-order valence-corrected chi connectivity index (χ4v) is 2.68. The molecule has 1 atom stereocenters. The maximum absolute atomic E-state index is 12.3. The van der Waals surface area contributed by atoms with Gasteiger partial charge in [-0.15, -0.1) is 10.2 Å². The summed E-state index contributed by atoms with van der Waals surface area (Å²) in [5.74, 6) is 5.88. The third-order valence-electron chi connectivity index (χ3n) is 2.86. The van der Waals surface area contributed by atoms with Crippen LogP contribution in [0.3, 0.4) is 0 Å². The number of hydrogen-bond donors (Lipinski definition) is 3. The quantitative estimate of drug-likeness (QED) is 0.561. The Labute approximate surface area is 131 Å². The van der Waals surface area contributed by atoms with Gasteiger partial charge in [0.1, 0.15) is 11.1 Å². The van der Waals surface area contributed by atoms with E-state index in [-0.39, 0.29) is 0 Å². The zero-order valence-electron chi connectivity index (χ0n) is 12.1. The molecule has 0 saturated heterocycles. The van der Waals surface area contributed by atoms with Gasteiger partial charge in [0.15, 0.2) is 0 Å². The highest BCUT2D eigenvalue weighted by atomic mass is 32.2. The number of urea groups is 1. The van der Waals surface area contributed by atoms with Gasteiger partial charge < -0.3 is 11.2 Å². The van der Waals surface area contributed by atoms with Crippen molar-refractivity contribution in [3.8, 4) is 0 Å². The first-order valence-corrected chi connectivity index (χ1v) is 7.32. The molecule has 0 radical (unpaired) electrons. The van der Waals surface area contributed by atoms with Gasteiger partial charge in [0.25, 0.3) is 0 Å². The Bertz CT molecular complexity index is 672. The third-order valence-corrected chi connectivity index (χ3v) is 4.07. The van der Waals surface area contributed by atoms with E-state index in [1.165, 1.54) is 11.7 Å². The Morgan fingerprint density at radius 2 is 1.95 bits per heavy atom. The maximum Gasteiger partial charge on any atom is 0.321 e. The number of amides is 3. The standard InChI is InChI=1S/C13H16N6O2S/c1-8-17-18-13(19(8)14)22-10(9-6-4-3-5-7-9)11(20)16-12(21)15-2/h3-7,10H,14H2,1-2H3,(H2,15,16,20,21)/t10-/m0/s1. The van der Waals surface area contributed by atoms with E-state index in [1.807, 2.05) is 18.2 Å². The topological polar surface area (TPSA) is 115 Å². The van der Waals surface area contributed by atoms with Crippen LogP contribution in [0.5, 0.6) is 0 Å². The Morgan fingerprint density at radius 1 is 1.27 bits per heavy atom. The molecular formula is C13H16N6O2S. The van der Waals surface area contributed by atoms with Gasteiger partial charge >= 0.3 is 6.03 Å². The summed E-state index contributed by atoms with van der Waals surface area (Å²) in [6, 6.07) is 8.49. The van der Waals surface area contributed by atoms with Gasteiger partial charge in [-0.25, -0.2) is 9.47 Å². The number of aromatic nitrogens is 3. The second-order valence-corrected chi connectivity index (χ2v) is 5.45. The fraction of sp³-hybridized carbons (Fsp3) is 0.231. The molecule has 9 heteroatoms. The summed E-state index contributed by atoms with van der Waals surface area (Å²) in [5, 5.41) is 12.1. The molecule has 2 rings (SSSR count). The van der Waals surface area contributed by atoms with Crippen LogP contribution >= 0.6 is 11.8 Å². The lowest BCUT2D eigenvalue weighted by Crippen LogP contribution is -2.39. The number of benzene rings is 1. The summed E-state index contributed by atoms with van der Waals surface area (Å²) in [7, 11) is 1.44. The van der Waals surface area contributed by atoms with Crippen molar-refractivity contribution in [1.82, 2.24) is 25.5 Å². The summed E-state index contributed by atoms with van der Waals surface area (Å²) in [4.78, 5) is 23.7. The van der Waals surface area contributed by atoms with Crippen molar-refractivity contribution in [3.05, 3.63) is 41.7 Å². The first kappa shape index (κ1) is 15.8. The highest BCUT2D eigenvalue weighted by molar-refractivity contribution is 8.00. The second kappa shape index (κ2) is 6.94. The molecule has 0 aliphatic carbocycles. The van der Waals surface area contributed by atoms with E-state index in [9.17, 15) is 9.59 Å². The molecule has 0 bridgehead atoms. The lowest BCUT2D eigenvalue weighted by atomic mass is 10.1. The molecule has 1 heterocycles. The van der Waals surface area contributed by atoms with Gasteiger partial charge in [-0.3, -0.25) is 10.1 Å². The smallest absolute Gasteiger partial charge is 0.321 e. The summed E-state index contributed by atoms with van der Waals surface area (Å²) < 4.78 is 1.30. The van der Waals surface area contributed by atoms with Crippen LogP contribution in [0.4, 0.5) is 4.79 Å². The van der Waals surface area contributed by atoms with Gasteiger partial charge in [0.05, 0.1) is 0 Å². The van der Waals surface area contributed by atoms with Crippen LogP contribution in [0.15, 0.2) is 35.5 Å². The van der Waals surface area contributed by atoms with E-state index >= 15 is 0 Å². The van der Waals surface area contributed by atoms with Gasteiger partial charge in [-0.2, -0.15) is 0 Å². The molecule has 3 amide bonds. The van der Waals surface area contributed by atoms with Crippen LogP contribution in [0.1, 0.15) is 16.6 Å². The first-order chi connectivity index (χ1) is 10.5. The minimum atomic E-state index is -0.676. The SMILES string of the molecule is CNC(=O)NC(=O)[C@@H](Sc1nnc(C)n1N)c1ccccc1. The van der Waals surface area contributed by atoms with Crippen LogP contribution in [0.2, 0.25) is 0 Å². The maximum atomic E-state index is 12.3. The molecule has 116 valence electrons. The van der Waals surface area contributed by atoms with Crippen molar-refractivity contribution in [3.63, 3.8) is 0 Å². The molecule has 0 aliphatic heterocycles. The molecule has 22 heavy (non-hydrogen) atoms. The van der Waals surface area contributed by atoms with E-state index < -0.39 is 17.2 Å². The average molecular weight is 320 g/mol. The normalized spacial score (nSPS) is 11.7. The van der Waals surface area contributed by atoms with Crippen molar-refractivity contribution in [1.29, 1.82) is 0 Å². The van der Waals surface area contributed by atoms with E-state index in [1.54, 1.807) is 19.1 Å². The third kappa shape index (κ3) is 3.55. The molecule has 0 unspecified atom stereocenters. The predicted molar refractivity (Wildman–Crippen MR) is 82.5 cm³/mol. The lowest BCUT2D eigenvalue weighted by molar-refractivity contribution is -0.119. The number of aryl methyl sites for hydroxylation is 1. The Hall–Kier alpha value is -2.55. The van der Waals surface area contributed by atoms with E-state index in [0.717, 1.165) is 17.3 Å². The Morgan fingerprint density at radius 3 is 2.50 bits per heavy atom. The number of nitrogens with one attached hydrogen (secondary N) is 2. The average Bonchev–Trinajstić information content (AvgIpc) is 2.84. The highest BCUT2D eigenvalue weighted by Gasteiger charge is 2.26. The number of carbonyl (C=O) groups excluding carboxylic acids is 2. The monoisotopic (exact) mass is 320 g/mol. The lowest BCUT2D eigenvalue weighted by Gasteiger charge is -2.15. The number of carbonyl (C=O) groups is 2. The number of hydrogen-bond acceptors (Lipinski definition) is 6. The Balaban J connectivity index is 2.28. The van der Waals surface area contributed by atoms with Crippen LogP contribution in [0, 0.1) is 6.92 Å². The van der Waals surface area contributed by atoms with Gasteiger partial charge in [-0.1, -0.05) is 42.1 Å². The molecule has 2 aromatic rings. The molecule has 4 N–H and O–H groups in total. The van der Waals surface area contributed by atoms with Crippen molar-refractivity contribution in [2.45, 2.75) is 17.3 Å². The number of thioether (sulfide) groups is 1. The largest absolute Gasteiger partial charge is 0.341 e. The van der Waals surface area contributed by atoms with Gasteiger partial charge in [-0.05, 0) is 12.5 Å². The van der Waals surface area contributed by atoms with Crippen LogP contribution < -0.4 is 16.5 Å².